The van der Waals surface area contributed by atoms with E-state index in [0.29, 0.717) is 33.5 Å². The molecule has 2 aromatic carbocycles. The lowest BCUT2D eigenvalue weighted by atomic mass is 10.1. The highest BCUT2D eigenvalue weighted by molar-refractivity contribution is 6.34. The Hall–Kier alpha value is -5.72. The van der Waals surface area contributed by atoms with Gasteiger partial charge in [-0.3, -0.25) is 19.0 Å². The number of aliphatic hydroxyl groups is 1. The van der Waals surface area contributed by atoms with Gasteiger partial charge in [-0.2, -0.15) is 20.2 Å². The van der Waals surface area contributed by atoms with Crippen molar-refractivity contribution in [1.82, 2.24) is 39.7 Å². The molecule has 0 aliphatic carbocycles. The van der Waals surface area contributed by atoms with E-state index in [0.717, 1.165) is 80.7 Å². The molecule has 2 saturated heterocycles. The Morgan fingerprint density at radius 2 is 1.23 bits per heavy atom. The smallest absolute Gasteiger partial charge is 0.292 e. The molecule has 6 heterocycles. The van der Waals surface area contributed by atoms with Crippen molar-refractivity contribution in [3.63, 3.8) is 0 Å². The minimum atomic E-state index is -0.458. The zero-order chi connectivity index (χ0) is 39.9. The highest BCUT2D eigenvalue weighted by Crippen LogP contribution is 2.32. The summed E-state index contributed by atoms with van der Waals surface area (Å²) in [6.07, 6.45) is 14.2. The first-order valence-electron chi connectivity index (χ1n) is 18.4. The number of aromatic nitrogens is 6. The third kappa shape index (κ3) is 9.81. The summed E-state index contributed by atoms with van der Waals surface area (Å²) in [5.74, 6) is -0.903. The number of β-amino-alcohol motifs (C(OH)–C–C–N with tert-alkyl or cyclic N) is 1. The lowest BCUT2D eigenvalue weighted by Crippen LogP contribution is -2.36. The molecule has 2 amide bonds. The Bertz CT molecular complexity index is 2310. The lowest BCUT2D eigenvalue weighted by Gasteiger charge is -2.31. The molecule has 0 unspecified atom stereocenters. The topological polar surface area (TPSA) is 233 Å². The number of rotatable bonds is 10. The summed E-state index contributed by atoms with van der Waals surface area (Å²) in [5, 5.41) is 27.8. The number of piperidine rings is 2. The van der Waals surface area contributed by atoms with Crippen LogP contribution in [0.3, 0.4) is 0 Å². The van der Waals surface area contributed by atoms with Gasteiger partial charge in [0.05, 0.1) is 52.5 Å². The van der Waals surface area contributed by atoms with E-state index in [2.05, 4.69) is 41.0 Å². The fourth-order valence-electron chi connectivity index (χ4n) is 6.75. The van der Waals surface area contributed by atoms with E-state index in [9.17, 15) is 9.59 Å². The molecule has 6 aromatic rings. The van der Waals surface area contributed by atoms with Gasteiger partial charge < -0.3 is 46.3 Å². The molecule has 0 saturated carbocycles. The van der Waals surface area contributed by atoms with E-state index in [1.165, 1.54) is 12.5 Å². The number of aliphatic hydroxyl groups excluding tert-OH is 1. The van der Waals surface area contributed by atoms with Crippen molar-refractivity contribution in [1.29, 1.82) is 0 Å². The quantitative estimate of drug-likeness (QED) is 0.0989. The maximum Gasteiger partial charge on any atom is 0.292 e. The number of hydrogen-bond donors (Lipinski definition) is 6. The number of nitrogens with two attached hydrogens (primary N) is 2. The number of likely N-dealkylation sites (tertiary alicyclic amines) is 1. The molecule has 2 aliphatic heterocycles. The van der Waals surface area contributed by atoms with Crippen LogP contribution in [0.25, 0.3) is 22.3 Å². The van der Waals surface area contributed by atoms with Gasteiger partial charge in [0.1, 0.15) is 12.5 Å². The van der Waals surface area contributed by atoms with Crippen molar-refractivity contribution >= 4 is 58.4 Å². The molecular weight excluding hydrogens is 775 g/mol. The number of amides is 2. The highest BCUT2D eigenvalue weighted by Gasteiger charge is 2.22. The standard InChI is InChI=1S/C20H23ClN6O3.C18H19ClN6O2/c21-16-2-1-13(9-17(16)24-19(29)18-12-30-20(22)25-18)14-10-23-27(11-14)15-3-5-26(6-4-15)7-8-28;19-14-2-1-11(7-15(14)23-17(26)16-10-27-18(20)24-16)12-8-22-25(9-12)13-3-5-21-6-4-13/h1-2,9-12,15,28H,3-8H2,(H2,22,25)(H,24,29);1-2,7-10,13,21H,3-6H2,(H2,20,24)(H,23,26). The normalized spacial score (nSPS) is 15.2. The number of benzene rings is 2. The number of nitrogens with zero attached hydrogens (tertiary/aromatic N) is 7. The average Bonchev–Trinajstić information content (AvgIpc) is 4.06. The van der Waals surface area contributed by atoms with Crippen LogP contribution in [0.5, 0.6) is 0 Å². The van der Waals surface area contributed by atoms with Gasteiger partial charge in [-0.15, -0.1) is 0 Å². The summed E-state index contributed by atoms with van der Waals surface area (Å²) in [4.78, 5) is 34.5. The van der Waals surface area contributed by atoms with E-state index in [4.69, 9.17) is 48.6 Å². The SMILES string of the molecule is Nc1nc(C(=O)Nc2cc(-c3cnn(C4CCN(CCO)CC4)c3)ccc2Cl)co1.Nc1nc(C(=O)Nc2cc(-c3cnn(C4CCNCC4)c3)ccc2Cl)co1. The van der Waals surface area contributed by atoms with Crippen molar-refractivity contribution < 1.29 is 23.5 Å². The first-order chi connectivity index (χ1) is 27.6. The van der Waals surface area contributed by atoms with Crippen LogP contribution in [0, 0.1) is 0 Å². The molecule has 4 aromatic heterocycles. The number of hydrogen-bond acceptors (Lipinski definition) is 13. The van der Waals surface area contributed by atoms with E-state index in [-0.39, 0.29) is 30.0 Å². The lowest BCUT2D eigenvalue weighted by molar-refractivity contribution is 0.101. The van der Waals surface area contributed by atoms with E-state index < -0.39 is 11.8 Å². The van der Waals surface area contributed by atoms with Crippen LogP contribution in [0.4, 0.5) is 23.4 Å². The zero-order valence-corrected chi connectivity index (χ0v) is 32.3. The molecule has 0 spiro atoms. The fraction of sp³-hybridized carbons (Fsp3) is 0.316. The van der Waals surface area contributed by atoms with Gasteiger partial charge in [-0.1, -0.05) is 35.3 Å². The van der Waals surface area contributed by atoms with E-state index in [1.807, 2.05) is 52.4 Å². The van der Waals surface area contributed by atoms with Crippen LogP contribution < -0.4 is 27.4 Å². The maximum absolute atomic E-state index is 12.3. The summed E-state index contributed by atoms with van der Waals surface area (Å²) >= 11 is 12.5. The molecule has 17 nitrogen and oxygen atoms in total. The fourth-order valence-corrected chi connectivity index (χ4v) is 7.08. The monoisotopic (exact) mass is 816 g/mol. The molecule has 0 radical (unpaired) electrons. The van der Waals surface area contributed by atoms with Crippen molar-refractivity contribution in [2.75, 3.05) is 61.4 Å². The van der Waals surface area contributed by atoms with Gasteiger partial charge in [0.25, 0.3) is 23.8 Å². The first-order valence-corrected chi connectivity index (χ1v) is 19.2. The minimum absolute atomic E-state index is 0.0645. The summed E-state index contributed by atoms with van der Waals surface area (Å²) in [6, 6.07) is 11.5. The van der Waals surface area contributed by atoms with E-state index >= 15 is 0 Å². The van der Waals surface area contributed by atoms with Gasteiger partial charge in [0, 0.05) is 43.2 Å². The Morgan fingerprint density at radius 1 is 0.754 bits per heavy atom. The number of nitrogen functional groups attached to an aromatic ring is 2. The molecular formula is C38H42Cl2N12O5. The number of oxazole rings is 2. The second-order valence-electron chi connectivity index (χ2n) is 13.6. The minimum Gasteiger partial charge on any atom is -0.431 e. The van der Waals surface area contributed by atoms with Gasteiger partial charge in [0.2, 0.25) is 0 Å². The Kier molecular flexibility index (Phi) is 12.5. The molecule has 0 bridgehead atoms. The van der Waals surface area contributed by atoms with Crippen molar-refractivity contribution in [2.45, 2.75) is 37.8 Å². The molecule has 2 fully saturated rings. The van der Waals surface area contributed by atoms with Crippen LogP contribution >= 0.6 is 23.2 Å². The van der Waals surface area contributed by atoms with Crippen LogP contribution in [0.15, 0.2) is 82.5 Å². The Labute approximate surface area is 337 Å². The molecule has 8 N–H and O–H groups in total. The predicted octanol–water partition coefficient (Wildman–Crippen LogP) is 5.61. The average molecular weight is 818 g/mol. The summed E-state index contributed by atoms with van der Waals surface area (Å²) < 4.78 is 13.7. The van der Waals surface area contributed by atoms with Gasteiger partial charge in [-0.05, 0) is 74.2 Å². The van der Waals surface area contributed by atoms with Gasteiger partial charge in [0.15, 0.2) is 11.4 Å². The first kappa shape index (κ1) is 39.5. The van der Waals surface area contributed by atoms with Gasteiger partial charge in [-0.25, -0.2) is 0 Å². The Morgan fingerprint density at radius 3 is 1.67 bits per heavy atom. The predicted molar refractivity (Wildman–Crippen MR) is 216 cm³/mol. The van der Waals surface area contributed by atoms with Crippen molar-refractivity contribution in [3.8, 4) is 22.3 Å². The number of halogens is 2. The second-order valence-corrected chi connectivity index (χ2v) is 14.4. The van der Waals surface area contributed by atoms with Crippen LogP contribution in [0.1, 0.15) is 58.7 Å². The van der Waals surface area contributed by atoms with Crippen molar-refractivity contribution in [3.05, 3.63) is 95.1 Å². The second kappa shape index (κ2) is 18.0. The number of anilines is 4. The molecule has 298 valence electrons. The Balaban J connectivity index is 0.000000175. The number of carbonyl (C=O) groups is 2. The molecule has 19 heteroatoms. The van der Waals surface area contributed by atoms with Crippen LogP contribution in [-0.2, 0) is 0 Å². The molecule has 2 aliphatic rings. The van der Waals surface area contributed by atoms with Crippen LogP contribution in [-0.4, -0.2) is 90.7 Å². The maximum atomic E-state index is 12.3. The third-order valence-electron chi connectivity index (χ3n) is 9.84. The van der Waals surface area contributed by atoms with E-state index in [1.54, 1.807) is 18.2 Å². The van der Waals surface area contributed by atoms with Crippen LogP contribution in [0.2, 0.25) is 10.0 Å². The number of nitrogens with one attached hydrogen (secondary N) is 3. The highest BCUT2D eigenvalue weighted by atomic mass is 35.5. The summed E-state index contributed by atoms with van der Waals surface area (Å²) in [7, 11) is 0. The van der Waals surface area contributed by atoms with Crippen molar-refractivity contribution in [2.24, 2.45) is 0 Å². The third-order valence-corrected chi connectivity index (χ3v) is 10.5. The summed E-state index contributed by atoms with van der Waals surface area (Å²) in [5.41, 5.74) is 15.6. The van der Waals surface area contributed by atoms with Gasteiger partial charge >= 0.3 is 0 Å². The molecule has 8 rings (SSSR count). The molecule has 57 heavy (non-hydrogen) atoms. The largest absolute Gasteiger partial charge is 0.431 e. The number of carbonyl (C=O) groups excluding carboxylic acids is 2. The summed E-state index contributed by atoms with van der Waals surface area (Å²) in [6.45, 7) is 4.81. The zero-order valence-electron chi connectivity index (χ0n) is 30.8. The molecule has 0 atom stereocenters.